The molecule has 0 fully saturated rings. The van der Waals surface area contributed by atoms with E-state index in [1.165, 1.54) is 77.0 Å². The van der Waals surface area contributed by atoms with E-state index in [4.69, 9.17) is 37.0 Å². The van der Waals surface area contributed by atoms with Crippen LogP contribution in [-0.4, -0.2) is 96.7 Å². The Morgan fingerprint density at radius 1 is 0.269 bits per heavy atom. The van der Waals surface area contributed by atoms with Crippen molar-refractivity contribution in [3.8, 4) is 0 Å². The number of ether oxygens (including phenoxy) is 4. The van der Waals surface area contributed by atoms with Crippen LogP contribution in [0, 0.1) is 0 Å². The highest BCUT2D eigenvalue weighted by Gasteiger charge is 2.30. The van der Waals surface area contributed by atoms with E-state index in [1.807, 2.05) is 12.2 Å². The third-order valence-electron chi connectivity index (χ3n) is 17.0. The molecule has 19 heteroatoms. The molecule has 0 aliphatic carbocycles. The number of hydrogen-bond donors (Lipinski definition) is 3. The van der Waals surface area contributed by atoms with E-state index in [9.17, 15) is 43.2 Å². The molecule has 2 unspecified atom stereocenters. The van der Waals surface area contributed by atoms with Crippen LogP contribution < -0.4 is 0 Å². The number of carbonyl (C=O) groups excluding carboxylic acids is 4. The molecule has 0 radical (unpaired) electrons. The van der Waals surface area contributed by atoms with Crippen LogP contribution in [0.3, 0.4) is 0 Å². The van der Waals surface area contributed by atoms with Crippen LogP contribution in [-0.2, 0) is 65.4 Å². The lowest BCUT2D eigenvalue weighted by Gasteiger charge is -2.21. The summed E-state index contributed by atoms with van der Waals surface area (Å²) in [5.74, 6) is -2.34. The van der Waals surface area contributed by atoms with Crippen LogP contribution >= 0.6 is 15.6 Å². The normalized spacial score (nSPS) is 14.6. The molecule has 0 aromatic rings. The zero-order valence-corrected chi connectivity index (χ0v) is 69.3. The van der Waals surface area contributed by atoms with Crippen molar-refractivity contribution in [3.05, 3.63) is 158 Å². The van der Waals surface area contributed by atoms with E-state index in [1.54, 1.807) is 0 Å². The molecule has 3 N–H and O–H groups in total. The Labute approximate surface area is 655 Å². The fourth-order valence-corrected chi connectivity index (χ4v) is 12.2. The highest BCUT2D eigenvalue weighted by Crippen LogP contribution is 2.45. The molecule has 0 amide bonds. The lowest BCUT2D eigenvalue weighted by Crippen LogP contribution is -2.30. The molecule has 0 spiro atoms. The topological polar surface area (TPSA) is 237 Å². The molecular formula is C89H148O17P2. The molecular weight excluding hydrogens is 1400 g/mol. The van der Waals surface area contributed by atoms with Crippen LogP contribution in [0.4, 0.5) is 0 Å². The van der Waals surface area contributed by atoms with Crippen molar-refractivity contribution in [2.45, 2.75) is 341 Å². The first-order chi connectivity index (χ1) is 52.7. The second kappa shape index (κ2) is 79.8. The lowest BCUT2D eigenvalue weighted by atomic mass is 10.1. The number of unbranched alkanes of at least 4 members (excludes halogenated alkanes) is 25. The van der Waals surface area contributed by atoms with Crippen LogP contribution in [0.25, 0.3) is 0 Å². The smallest absolute Gasteiger partial charge is 0.462 e. The summed E-state index contributed by atoms with van der Waals surface area (Å²) in [6, 6.07) is 0. The molecule has 0 aliphatic heterocycles. The van der Waals surface area contributed by atoms with E-state index in [0.29, 0.717) is 32.1 Å². The number of allylic oxidation sites excluding steroid dienone is 26. The number of rotatable bonds is 77. The van der Waals surface area contributed by atoms with Gasteiger partial charge in [0.05, 0.1) is 26.4 Å². The first-order valence-electron chi connectivity index (χ1n) is 41.7. The Hall–Kier alpha value is -5.32. The van der Waals surface area contributed by atoms with Gasteiger partial charge in [-0.3, -0.25) is 37.3 Å². The lowest BCUT2D eigenvalue weighted by molar-refractivity contribution is -0.161. The van der Waals surface area contributed by atoms with Gasteiger partial charge in [0.2, 0.25) is 0 Å². The van der Waals surface area contributed by atoms with Gasteiger partial charge in [0.25, 0.3) is 0 Å². The Kier molecular flexibility index (Phi) is 75.8. The maximum Gasteiger partial charge on any atom is 0.472 e. The number of aliphatic hydroxyl groups excluding tert-OH is 1. The third kappa shape index (κ3) is 78.8. The molecule has 108 heavy (non-hydrogen) atoms. The third-order valence-corrected chi connectivity index (χ3v) is 18.9. The van der Waals surface area contributed by atoms with Gasteiger partial charge in [-0.15, -0.1) is 0 Å². The van der Waals surface area contributed by atoms with E-state index < -0.39 is 97.5 Å². The average Bonchev–Trinajstić information content (AvgIpc) is 0.899. The van der Waals surface area contributed by atoms with Gasteiger partial charge < -0.3 is 33.8 Å². The minimum Gasteiger partial charge on any atom is -0.462 e. The first-order valence-corrected chi connectivity index (χ1v) is 44.7. The van der Waals surface area contributed by atoms with Crippen molar-refractivity contribution in [2.75, 3.05) is 39.6 Å². The summed E-state index contributed by atoms with van der Waals surface area (Å²) in [5.41, 5.74) is 0. The summed E-state index contributed by atoms with van der Waals surface area (Å²) in [5, 5.41) is 10.7. The van der Waals surface area contributed by atoms with Crippen LogP contribution in [0.2, 0.25) is 0 Å². The minimum atomic E-state index is -5.01. The van der Waals surface area contributed by atoms with Crippen molar-refractivity contribution in [3.63, 3.8) is 0 Å². The summed E-state index contributed by atoms with van der Waals surface area (Å²) in [6.45, 7) is 4.56. The van der Waals surface area contributed by atoms with Gasteiger partial charge >= 0.3 is 39.5 Å². The summed E-state index contributed by atoms with van der Waals surface area (Å²) >= 11 is 0. The molecule has 0 saturated heterocycles. The number of carbonyl (C=O) groups is 4. The van der Waals surface area contributed by atoms with Crippen molar-refractivity contribution in [1.82, 2.24) is 0 Å². The zero-order valence-electron chi connectivity index (χ0n) is 67.5. The zero-order chi connectivity index (χ0) is 78.9. The van der Waals surface area contributed by atoms with E-state index in [0.717, 1.165) is 161 Å². The SMILES string of the molecule is CC/C=C\C/C=C\C/C=C\C/C=C\C/C=C\CCCCCC(=O)O[C@H](COC(=O)CCCCCCC/C=C\C/C=C\CCCCC)COP(=O)(O)OC[C@H](O)COP(=O)(O)OC[C@@H](COC(=O)CC/C=C\C/C=C\C/C=C\C/C=C\C/C=C\CCCCC)OC(=O)CCCCCCC/C=C\CCCCCCCC. The molecule has 0 aromatic carbocycles. The van der Waals surface area contributed by atoms with Gasteiger partial charge in [-0.05, 0) is 167 Å². The summed E-state index contributed by atoms with van der Waals surface area (Å²) < 4.78 is 68.6. The second-order valence-electron chi connectivity index (χ2n) is 27.3. The quantitative estimate of drug-likeness (QED) is 0.0169. The van der Waals surface area contributed by atoms with Gasteiger partial charge in [-0.1, -0.05) is 288 Å². The van der Waals surface area contributed by atoms with Crippen molar-refractivity contribution < 1.29 is 80.2 Å². The van der Waals surface area contributed by atoms with Gasteiger partial charge in [-0.25, -0.2) is 9.13 Å². The van der Waals surface area contributed by atoms with Gasteiger partial charge in [0, 0.05) is 25.7 Å². The standard InChI is InChI=1S/C89H148O17P2/c1-5-9-13-17-21-25-29-33-37-39-41-43-47-50-54-58-62-66-70-74-87(92)100-80-84(105-88(93)75-71-67-63-59-55-51-46-36-32-28-24-20-16-12-8-4)81-103-107(95,96)101-77-83(90)78-102-108(97,98)104-82-85(79-99-86(91)73-69-65-61-57-53-49-45-35-31-27-23-19-15-11-7-3)106-89(94)76-72-68-64-60-56-52-48-44-42-40-38-34-30-26-22-18-14-10-6-2/h10,14,21-23,25-27,33-38,41-46,50,52,54,56,62,66,83-85,90H,5-9,11-13,15-20,24,28-32,39-40,47-49,51,53,55,57-61,63-65,67-82H2,1-4H3,(H,95,96)(H,97,98)/b14-10-,25-21-,26-22-,27-23-,37-33-,38-34-,43-41-,44-42-,45-35-,46-36-,54-50-,56-52-,66-62-/t83-,84-,85-/m1/s1. The van der Waals surface area contributed by atoms with Crippen molar-refractivity contribution in [2.24, 2.45) is 0 Å². The molecule has 0 heterocycles. The molecule has 17 nitrogen and oxygen atoms in total. The highest BCUT2D eigenvalue weighted by molar-refractivity contribution is 7.47. The number of phosphoric ester groups is 2. The molecule has 0 saturated carbocycles. The van der Waals surface area contributed by atoms with Gasteiger partial charge in [0.15, 0.2) is 12.2 Å². The Balaban J connectivity index is 5.49. The summed E-state index contributed by atoms with van der Waals surface area (Å²) in [4.78, 5) is 73.1. The fourth-order valence-electron chi connectivity index (χ4n) is 10.6. The van der Waals surface area contributed by atoms with E-state index >= 15 is 0 Å². The van der Waals surface area contributed by atoms with Gasteiger partial charge in [-0.2, -0.15) is 0 Å². The highest BCUT2D eigenvalue weighted by atomic mass is 31.2. The monoisotopic (exact) mass is 1550 g/mol. The molecule has 0 bridgehead atoms. The maximum absolute atomic E-state index is 13.1. The predicted octanol–water partition coefficient (Wildman–Crippen LogP) is 24.8. The number of hydrogen-bond acceptors (Lipinski definition) is 15. The summed E-state index contributed by atoms with van der Waals surface area (Å²) in [7, 11) is -10.0. The van der Waals surface area contributed by atoms with Crippen LogP contribution in [0.15, 0.2) is 158 Å². The predicted molar refractivity (Wildman–Crippen MR) is 445 cm³/mol. The Morgan fingerprint density at radius 3 is 0.833 bits per heavy atom. The maximum atomic E-state index is 13.1. The number of phosphoric acid groups is 2. The largest absolute Gasteiger partial charge is 0.472 e. The fraction of sp³-hybridized carbons (Fsp3) is 0.663. The Bertz CT molecular complexity index is 2660. The van der Waals surface area contributed by atoms with Crippen LogP contribution in [0.1, 0.15) is 323 Å². The van der Waals surface area contributed by atoms with E-state index in [2.05, 4.69) is 174 Å². The molecule has 0 rings (SSSR count). The second-order valence-corrected chi connectivity index (χ2v) is 30.2. The summed E-state index contributed by atoms with van der Waals surface area (Å²) in [6.07, 6.45) is 93.7. The average molecular weight is 1550 g/mol. The molecule has 0 aliphatic rings. The van der Waals surface area contributed by atoms with Crippen molar-refractivity contribution >= 4 is 39.5 Å². The Morgan fingerprint density at radius 2 is 0.500 bits per heavy atom. The van der Waals surface area contributed by atoms with Gasteiger partial charge in [0.1, 0.15) is 19.3 Å². The first kappa shape index (κ1) is 103. The molecule has 616 valence electrons. The number of aliphatic hydroxyl groups is 1. The van der Waals surface area contributed by atoms with Crippen molar-refractivity contribution in [1.29, 1.82) is 0 Å². The van der Waals surface area contributed by atoms with Crippen LogP contribution in [0.5, 0.6) is 0 Å². The minimum absolute atomic E-state index is 0.0318. The molecule has 0 aromatic heterocycles. The van der Waals surface area contributed by atoms with E-state index in [-0.39, 0.29) is 25.7 Å². The number of esters is 4. The molecule has 5 atom stereocenters.